The molecular formula is C14H24N2O. The van der Waals surface area contributed by atoms with Crippen LogP contribution in [-0.2, 0) is 6.54 Å². The molecule has 2 N–H and O–H groups in total. The maximum Gasteiger partial charge on any atom is 0.0869 e. The van der Waals surface area contributed by atoms with Gasteiger partial charge in [0.15, 0.2) is 0 Å². The molecule has 0 heterocycles. The highest BCUT2D eigenvalue weighted by Crippen LogP contribution is 2.05. The van der Waals surface area contributed by atoms with E-state index < -0.39 is 5.60 Å². The molecule has 1 unspecified atom stereocenters. The summed E-state index contributed by atoms with van der Waals surface area (Å²) in [6.07, 6.45) is 0. The Morgan fingerprint density at radius 1 is 1.24 bits per heavy atom. The van der Waals surface area contributed by atoms with Crippen LogP contribution in [0.15, 0.2) is 24.3 Å². The fourth-order valence-corrected chi connectivity index (χ4v) is 1.92. The van der Waals surface area contributed by atoms with Crippen molar-refractivity contribution in [2.75, 3.05) is 27.2 Å². The summed E-state index contributed by atoms with van der Waals surface area (Å²) in [5, 5.41) is 13.4. The molecule has 1 aromatic carbocycles. The van der Waals surface area contributed by atoms with Gasteiger partial charge >= 0.3 is 0 Å². The molecule has 3 heteroatoms. The van der Waals surface area contributed by atoms with Gasteiger partial charge in [0, 0.05) is 19.6 Å². The van der Waals surface area contributed by atoms with Crippen molar-refractivity contribution >= 4 is 0 Å². The molecule has 3 nitrogen and oxygen atoms in total. The van der Waals surface area contributed by atoms with E-state index in [2.05, 4.69) is 36.5 Å². The topological polar surface area (TPSA) is 35.5 Å². The predicted octanol–water partition coefficient (Wildman–Crippen LogP) is 1.40. The number of rotatable bonds is 6. The van der Waals surface area contributed by atoms with E-state index in [1.54, 1.807) is 0 Å². The van der Waals surface area contributed by atoms with E-state index in [-0.39, 0.29) is 0 Å². The standard InChI is InChI=1S/C14H24N2O/c1-12-5-7-13(8-6-12)9-15-10-14(2,17)11-16(3)4/h5-8,15,17H,9-11H2,1-4H3. The lowest BCUT2D eigenvalue weighted by Crippen LogP contribution is -2.45. The van der Waals surface area contributed by atoms with Crippen molar-refractivity contribution < 1.29 is 5.11 Å². The van der Waals surface area contributed by atoms with Crippen molar-refractivity contribution in [3.05, 3.63) is 35.4 Å². The molecule has 0 bridgehead atoms. The monoisotopic (exact) mass is 236 g/mol. The lowest BCUT2D eigenvalue weighted by atomic mass is 10.1. The second kappa shape index (κ2) is 6.15. The van der Waals surface area contributed by atoms with Crippen LogP contribution in [0.5, 0.6) is 0 Å². The number of hydrogen-bond acceptors (Lipinski definition) is 3. The maximum atomic E-state index is 10.1. The molecule has 0 aliphatic carbocycles. The van der Waals surface area contributed by atoms with Crippen LogP contribution < -0.4 is 5.32 Å². The average molecular weight is 236 g/mol. The third-order valence-corrected chi connectivity index (χ3v) is 2.61. The second-order valence-corrected chi connectivity index (χ2v) is 5.32. The molecule has 0 aliphatic rings. The number of benzene rings is 1. The van der Waals surface area contributed by atoms with E-state index in [0.29, 0.717) is 13.1 Å². The van der Waals surface area contributed by atoms with Crippen molar-refractivity contribution in [3.63, 3.8) is 0 Å². The van der Waals surface area contributed by atoms with Crippen LogP contribution in [0.25, 0.3) is 0 Å². The molecule has 0 saturated carbocycles. The molecule has 1 atom stereocenters. The molecule has 0 saturated heterocycles. The van der Waals surface area contributed by atoms with Gasteiger partial charge < -0.3 is 15.3 Å². The van der Waals surface area contributed by atoms with E-state index in [9.17, 15) is 5.11 Å². The van der Waals surface area contributed by atoms with Gasteiger partial charge in [0.05, 0.1) is 5.60 Å². The highest BCUT2D eigenvalue weighted by molar-refractivity contribution is 5.21. The summed E-state index contributed by atoms with van der Waals surface area (Å²) in [7, 11) is 3.93. The highest BCUT2D eigenvalue weighted by Gasteiger charge is 2.20. The molecule has 1 rings (SSSR count). The summed E-state index contributed by atoms with van der Waals surface area (Å²) in [5.74, 6) is 0. The van der Waals surface area contributed by atoms with Gasteiger partial charge in [-0.25, -0.2) is 0 Å². The predicted molar refractivity (Wildman–Crippen MR) is 72.1 cm³/mol. The minimum atomic E-state index is -0.686. The second-order valence-electron chi connectivity index (χ2n) is 5.32. The molecule has 0 aliphatic heterocycles. The zero-order chi connectivity index (χ0) is 12.9. The number of aliphatic hydroxyl groups is 1. The summed E-state index contributed by atoms with van der Waals surface area (Å²) in [6.45, 7) is 5.99. The average Bonchev–Trinajstić information content (AvgIpc) is 2.18. The summed E-state index contributed by atoms with van der Waals surface area (Å²) in [5.41, 5.74) is 1.83. The van der Waals surface area contributed by atoms with E-state index in [0.717, 1.165) is 6.54 Å². The Hall–Kier alpha value is -0.900. The molecule has 0 spiro atoms. The first-order chi connectivity index (χ1) is 7.89. The normalized spacial score (nSPS) is 14.9. The van der Waals surface area contributed by atoms with Gasteiger partial charge in [0.2, 0.25) is 0 Å². The van der Waals surface area contributed by atoms with Crippen LogP contribution in [0, 0.1) is 6.92 Å². The summed E-state index contributed by atoms with van der Waals surface area (Å²) < 4.78 is 0. The van der Waals surface area contributed by atoms with E-state index in [1.165, 1.54) is 11.1 Å². The smallest absolute Gasteiger partial charge is 0.0869 e. The fourth-order valence-electron chi connectivity index (χ4n) is 1.92. The first kappa shape index (κ1) is 14.2. The Morgan fingerprint density at radius 3 is 2.35 bits per heavy atom. The van der Waals surface area contributed by atoms with Gasteiger partial charge in [0.25, 0.3) is 0 Å². The quantitative estimate of drug-likeness (QED) is 0.783. The SMILES string of the molecule is Cc1ccc(CNCC(C)(O)CN(C)C)cc1. The van der Waals surface area contributed by atoms with Crippen molar-refractivity contribution in [1.29, 1.82) is 0 Å². The number of nitrogens with one attached hydrogen (secondary N) is 1. The Labute approximate surface area is 104 Å². The third kappa shape index (κ3) is 5.82. The van der Waals surface area contributed by atoms with E-state index in [4.69, 9.17) is 0 Å². The van der Waals surface area contributed by atoms with Gasteiger partial charge in [0.1, 0.15) is 0 Å². The number of nitrogens with zero attached hydrogens (tertiary/aromatic N) is 1. The number of aryl methyl sites for hydroxylation is 1. The van der Waals surface area contributed by atoms with Crippen LogP contribution >= 0.6 is 0 Å². The summed E-state index contributed by atoms with van der Waals surface area (Å²) in [4.78, 5) is 1.99. The molecule has 0 fully saturated rings. The van der Waals surface area contributed by atoms with Crippen molar-refractivity contribution in [2.45, 2.75) is 26.0 Å². The van der Waals surface area contributed by atoms with Crippen LogP contribution in [0.3, 0.4) is 0 Å². The number of likely N-dealkylation sites (N-methyl/N-ethyl adjacent to an activating group) is 1. The van der Waals surface area contributed by atoms with Crippen molar-refractivity contribution in [3.8, 4) is 0 Å². The molecule has 0 radical (unpaired) electrons. The Morgan fingerprint density at radius 2 is 1.82 bits per heavy atom. The first-order valence-corrected chi connectivity index (χ1v) is 6.02. The van der Waals surface area contributed by atoms with Crippen LogP contribution in [-0.4, -0.2) is 42.8 Å². The van der Waals surface area contributed by atoms with Crippen LogP contribution in [0.2, 0.25) is 0 Å². The molecule has 0 amide bonds. The molecule has 1 aromatic rings. The molecular weight excluding hydrogens is 212 g/mol. The zero-order valence-electron chi connectivity index (χ0n) is 11.3. The van der Waals surface area contributed by atoms with Crippen LogP contribution in [0.1, 0.15) is 18.1 Å². The third-order valence-electron chi connectivity index (χ3n) is 2.61. The van der Waals surface area contributed by atoms with Gasteiger partial charge in [-0.2, -0.15) is 0 Å². The zero-order valence-corrected chi connectivity index (χ0v) is 11.3. The molecule has 0 aromatic heterocycles. The Bertz CT molecular complexity index is 331. The van der Waals surface area contributed by atoms with Gasteiger partial charge in [-0.1, -0.05) is 29.8 Å². The van der Waals surface area contributed by atoms with Gasteiger partial charge in [-0.3, -0.25) is 0 Å². The van der Waals surface area contributed by atoms with Gasteiger partial charge in [-0.15, -0.1) is 0 Å². The lowest BCUT2D eigenvalue weighted by Gasteiger charge is -2.27. The van der Waals surface area contributed by atoms with Crippen molar-refractivity contribution in [2.24, 2.45) is 0 Å². The van der Waals surface area contributed by atoms with E-state index in [1.807, 2.05) is 25.9 Å². The first-order valence-electron chi connectivity index (χ1n) is 6.02. The van der Waals surface area contributed by atoms with Gasteiger partial charge in [-0.05, 0) is 33.5 Å². The van der Waals surface area contributed by atoms with Crippen LogP contribution in [0.4, 0.5) is 0 Å². The molecule has 17 heavy (non-hydrogen) atoms. The Kier molecular flexibility index (Phi) is 5.12. The highest BCUT2D eigenvalue weighted by atomic mass is 16.3. The molecule has 96 valence electrons. The lowest BCUT2D eigenvalue weighted by molar-refractivity contribution is 0.0336. The van der Waals surface area contributed by atoms with E-state index >= 15 is 0 Å². The maximum absolute atomic E-state index is 10.1. The summed E-state index contributed by atoms with van der Waals surface area (Å²) >= 11 is 0. The Balaban J connectivity index is 2.34. The van der Waals surface area contributed by atoms with Crippen molar-refractivity contribution in [1.82, 2.24) is 10.2 Å². The largest absolute Gasteiger partial charge is 0.388 e. The number of hydrogen-bond donors (Lipinski definition) is 2. The summed E-state index contributed by atoms with van der Waals surface area (Å²) in [6, 6.07) is 8.44. The minimum absolute atomic E-state index is 0.596. The fraction of sp³-hybridized carbons (Fsp3) is 0.571. The minimum Gasteiger partial charge on any atom is -0.388 e.